The first-order valence-electron chi connectivity index (χ1n) is 4.50. The molecule has 0 aliphatic carbocycles. The monoisotopic (exact) mass is 170 g/mol. The molecule has 12 heavy (non-hydrogen) atoms. The molecule has 0 saturated heterocycles. The van der Waals surface area contributed by atoms with Crippen molar-refractivity contribution in [1.82, 2.24) is 0 Å². The average Bonchev–Trinajstić information content (AvgIpc) is 2.00. The number of allylic oxidation sites excluding steroid dienone is 1. The summed E-state index contributed by atoms with van der Waals surface area (Å²) in [5.41, 5.74) is 0. The Labute approximate surface area is 74.6 Å². The number of carbonyl (C=O) groups is 1. The number of hydrogen-bond acceptors (Lipinski definition) is 2. The van der Waals surface area contributed by atoms with Crippen LogP contribution in [0.2, 0.25) is 0 Å². The SMILES string of the molecule is CC/C=C/C(=O)OCCC(C)C. The van der Waals surface area contributed by atoms with E-state index in [0.29, 0.717) is 12.5 Å². The summed E-state index contributed by atoms with van der Waals surface area (Å²) < 4.78 is 4.93. The van der Waals surface area contributed by atoms with Gasteiger partial charge in [0.1, 0.15) is 0 Å². The summed E-state index contributed by atoms with van der Waals surface area (Å²) in [7, 11) is 0. The lowest BCUT2D eigenvalue weighted by atomic mass is 10.1. The number of carbonyl (C=O) groups excluding carboxylic acids is 1. The molecular formula is C10H18O2. The molecule has 70 valence electrons. The summed E-state index contributed by atoms with van der Waals surface area (Å²) in [6.45, 7) is 6.73. The maximum Gasteiger partial charge on any atom is 0.330 e. The topological polar surface area (TPSA) is 26.3 Å². The van der Waals surface area contributed by atoms with Gasteiger partial charge in [0.2, 0.25) is 0 Å². The predicted molar refractivity (Wildman–Crippen MR) is 49.8 cm³/mol. The van der Waals surface area contributed by atoms with Crippen molar-refractivity contribution in [2.75, 3.05) is 6.61 Å². The average molecular weight is 170 g/mol. The molecule has 0 unspecified atom stereocenters. The van der Waals surface area contributed by atoms with Crippen molar-refractivity contribution in [3.63, 3.8) is 0 Å². The Balaban J connectivity index is 3.38. The largest absolute Gasteiger partial charge is 0.463 e. The molecule has 2 heteroatoms. The standard InChI is InChI=1S/C10H18O2/c1-4-5-6-10(11)12-8-7-9(2)3/h5-6,9H,4,7-8H2,1-3H3/b6-5+. The molecule has 0 N–H and O–H groups in total. The molecule has 0 aliphatic heterocycles. The number of esters is 1. The van der Waals surface area contributed by atoms with E-state index in [1.165, 1.54) is 6.08 Å². The highest BCUT2D eigenvalue weighted by Gasteiger charge is 1.97. The molecule has 0 rings (SSSR count). The lowest BCUT2D eigenvalue weighted by Gasteiger charge is -2.03. The zero-order chi connectivity index (χ0) is 9.40. The van der Waals surface area contributed by atoms with Crippen LogP contribution in [0.3, 0.4) is 0 Å². The van der Waals surface area contributed by atoms with Gasteiger partial charge in [-0.3, -0.25) is 0 Å². The van der Waals surface area contributed by atoms with Crippen LogP contribution in [0.5, 0.6) is 0 Å². The number of rotatable bonds is 5. The van der Waals surface area contributed by atoms with Crippen molar-refractivity contribution in [2.24, 2.45) is 5.92 Å². The van der Waals surface area contributed by atoms with Gasteiger partial charge in [-0.1, -0.05) is 26.8 Å². The summed E-state index contributed by atoms with van der Waals surface area (Å²) in [6.07, 6.45) is 5.10. The molecule has 0 heterocycles. The van der Waals surface area contributed by atoms with Crippen LogP contribution in [0.15, 0.2) is 12.2 Å². The second-order valence-corrected chi connectivity index (χ2v) is 3.16. The first-order valence-corrected chi connectivity index (χ1v) is 4.50. The van der Waals surface area contributed by atoms with Crippen molar-refractivity contribution >= 4 is 5.97 Å². The van der Waals surface area contributed by atoms with Crippen molar-refractivity contribution < 1.29 is 9.53 Å². The summed E-state index contributed by atoms with van der Waals surface area (Å²) in [6, 6.07) is 0. The van der Waals surface area contributed by atoms with Crippen molar-refractivity contribution in [3.05, 3.63) is 12.2 Å². The summed E-state index contributed by atoms with van der Waals surface area (Å²) in [4.78, 5) is 10.9. The number of hydrogen-bond donors (Lipinski definition) is 0. The number of ether oxygens (including phenoxy) is 1. The molecule has 0 amide bonds. The van der Waals surface area contributed by atoms with Crippen LogP contribution in [0.4, 0.5) is 0 Å². The van der Waals surface area contributed by atoms with E-state index in [1.54, 1.807) is 6.08 Å². The zero-order valence-corrected chi connectivity index (χ0v) is 8.17. The lowest BCUT2D eigenvalue weighted by molar-refractivity contribution is -0.138. The summed E-state index contributed by atoms with van der Waals surface area (Å²) in [5.74, 6) is 0.366. The third-order valence-electron chi connectivity index (χ3n) is 1.43. The van der Waals surface area contributed by atoms with Crippen LogP contribution in [-0.4, -0.2) is 12.6 Å². The van der Waals surface area contributed by atoms with E-state index in [-0.39, 0.29) is 5.97 Å². The van der Waals surface area contributed by atoms with Gasteiger partial charge >= 0.3 is 5.97 Å². The molecule has 0 saturated carbocycles. The fraction of sp³-hybridized carbons (Fsp3) is 0.700. The molecule has 2 nitrogen and oxygen atoms in total. The smallest absolute Gasteiger partial charge is 0.330 e. The molecular weight excluding hydrogens is 152 g/mol. The van der Waals surface area contributed by atoms with E-state index in [0.717, 1.165) is 12.8 Å². The molecule has 0 aromatic carbocycles. The predicted octanol–water partition coefficient (Wildman–Crippen LogP) is 2.54. The summed E-state index contributed by atoms with van der Waals surface area (Å²) >= 11 is 0. The molecule has 0 atom stereocenters. The fourth-order valence-electron chi connectivity index (χ4n) is 0.657. The van der Waals surface area contributed by atoms with Gasteiger partial charge in [-0.2, -0.15) is 0 Å². The minimum absolute atomic E-state index is 0.225. The first-order chi connectivity index (χ1) is 5.66. The Morgan fingerprint density at radius 1 is 1.50 bits per heavy atom. The van der Waals surface area contributed by atoms with Crippen molar-refractivity contribution in [3.8, 4) is 0 Å². The third-order valence-corrected chi connectivity index (χ3v) is 1.43. The van der Waals surface area contributed by atoms with Crippen LogP contribution in [0, 0.1) is 5.92 Å². The highest BCUT2D eigenvalue weighted by Crippen LogP contribution is 1.99. The maximum atomic E-state index is 10.9. The van der Waals surface area contributed by atoms with Gasteiger partial charge in [0, 0.05) is 6.08 Å². The Morgan fingerprint density at radius 2 is 2.17 bits per heavy atom. The van der Waals surface area contributed by atoms with Gasteiger partial charge in [-0.15, -0.1) is 0 Å². The Bertz CT molecular complexity index is 148. The highest BCUT2D eigenvalue weighted by molar-refractivity contribution is 5.81. The van der Waals surface area contributed by atoms with E-state index in [2.05, 4.69) is 13.8 Å². The quantitative estimate of drug-likeness (QED) is 0.468. The normalized spacial score (nSPS) is 11.0. The fourth-order valence-corrected chi connectivity index (χ4v) is 0.657. The van der Waals surface area contributed by atoms with E-state index in [1.807, 2.05) is 6.92 Å². The minimum atomic E-state index is -0.225. The van der Waals surface area contributed by atoms with E-state index in [4.69, 9.17) is 4.74 Å². The third kappa shape index (κ3) is 7.32. The van der Waals surface area contributed by atoms with Gasteiger partial charge in [-0.05, 0) is 18.8 Å². The van der Waals surface area contributed by atoms with Crippen LogP contribution in [0.25, 0.3) is 0 Å². The second kappa shape index (κ2) is 6.89. The first kappa shape index (κ1) is 11.2. The Hall–Kier alpha value is -0.790. The minimum Gasteiger partial charge on any atom is -0.463 e. The van der Waals surface area contributed by atoms with Crippen molar-refractivity contribution in [2.45, 2.75) is 33.6 Å². The van der Waals surface area contributed by atoms with Gasteiger partial charge in [-0.25, -0.2) is 4.79 Å². The molecule has 0 bridgehead atoms. The molecule has 0 spiro atoms. The van der Waals surface area contributed by atoms with Crippen LogP contribution >= 0.6 is 0 Å². The Kier molecular flexibility index (Phi) is 6.44. The van der Waals surface area contributed by atoms with Gasteiger partial charge in [0.25, 0.3) is 0 Å². The molecule has 0 aromatic heterocycles. The highest BCUT2D eigenvalue weighted by atomic mass is 16.5. The van der Waals surface area contributed by atoms with Crippen molar-refractivity contribution in [1.29, 1.82) is 0 Å². The summed E-state index contributed by atoms with van der Waals surface area (Å²) in [5, 5.41) is 0. The molecule has 0 radical (unpaired) electrons. The van der Waals surface area contributed by atoms with E-state index < -0.39 is 0 Å². The van der Waals surface area contributed by atoms with Crippen LogP contribution in [0.1, 0.15) is 33.6 Å². The second-order valence-electron chi connectivity index (χ2n) is 3.16. The maximum absolute atomic E-state index is 10.9. The molecule has 0 aliphatic rings. The van der Waals surface area contributed by atoms with Gasteiger partial charge in [0.05, 0.1) is 6.61 Å². The van der Waals surface area contributed by atoms with E-state index in [9.17, 15) is 4.79 Å². The molecule has 0 aromatic rings. The van der Waals surface area contributed by atoms with Gasteiger partial charge in [0.15, 0.2) is 0 Å². The van der Waals surface area contributed by atoms with E-state index >= 15 is 0 Å². The molecule has 0 fully saturated rings. The lowest BCUT2D eigenvalue weighted by Crippen LogP contribution is -2.04. The van der Waals surface area contributed by atoms with Gasteiger partial charge < -0.3 is 4.74 Å². The zero-order valence-electron chi connectivity index (χ0n) is 8.17. The Morgan fingerprint density at radius 3 is 2.67 bits per heavy atom. The van der Waals surface area contributed by atoms with Crippen LogP contribution in [-0.2, 0) is 9.53 Å². The van der Waals surface area contributed by atoms with Crippen LogP contribution < -0.4 is 0 Å².